The van der Waals surface area contributed by atoms with Gasteiger partial charge in [-0.2, -0.15) is 0 Å². The number of benzene rings is 1. The van der Waals surface area contributed by atoms with Gasteiger partial charge in [-0.15, -0.1) is 11.3 Å². The lowest BCUT2D eigenvalue weighted by Gasteiger charge is -2.16. The van der Waals surface area contributed by atoms with E-state index in [1.807, 2.05) is 17.5 Å². The summed E-state index contributed by atoms with van der Waals surface area (Å²) in [5.41, 5.74) is 0.460. The molecule has 3 nitrogen and oxygen atoms in total. The normalized spacial score (nSPS) is 12.3. The molecule has 1 unspecified atom stereocenters. The minimum Gasteiger partial charge on any atom is -0.481 e. The number of hydrogen-bond acceptors (Lipinski definition) is 3. The first-order valence-electron chi connectivity index (χ1n) is 5.99. The molecule has 2 rings (SSSR count). The van der Waals surface area contributed by atoms with Gasteiger partial charge in [-0.1, -0.05) is 23.7 Å². The monoisotopic (exact) mass is 313 g/mol. The molecule has 1 aromatic heterocycles. The summed E-state index contributed by atoms with van der Waals surface area (Å²) in [5, 5.41) is 14.2. The number of halogens is 2. The molecule has 0 bridgehead atoms. The quantitative estimate of drug-likeness (QED) is 0.851. The van der Waals surface area contributed by atoms with Crippen LogP contribution in [0.4, 0.5) is 4.39 Å². The van der Waals surface area contributed by atoms with Crippen molar-refractivity contribution in [3.63, 3.8) is 0 Å². The fraction of sp³-hybridized carbons (Fsp3) is 0.214. The van der Waals surface area contributed by atoms with Crippen molar-refractivity contribution in [1.82, 2.24) is 5.32 Å². The molecule has 0 spiro atoms. The number of aliphatic carboxylic acids is 1. The van der Waals surface area contributed by atoms with Crippen LogP contribution in [0.1, 0.15) is 22.9 Å². The highest BCUT2D eigenvalue weighted by atomic mass is 35.5. The molecular weight excluding hydrogens is 301 g/mol. The SMILES string of the molecule is O=C(O)CC(NCc1ccc(Cl)cc1F)c1cccs1. The summed E-state index contributed by atoms with van der Waals surface area (Å²) in [6.45, 7) is 0.249. The molecule has 0 aliphatic heterocycles. The Labute approximate surface area is 125 Å². The first-order chi connectivity index (χ1) is 9.56. The van der Waals surface area contributed by atoms with Gasteiger partial charge in [0.2, 0.25) is 0 Å². The molecule has 2 N–H and O–H groups in total. The second kappa shape index (κ2) is 6.83. The Morgan fingerprint density at radius 1 is 1.45 bits per heavy atom. The van der Waals surface area contributed by atoms with Crippen LogP contribution in [0, 0.1) is 5.82 Å². The molecule has 0 saturated heterocycles. The summed E-state index contributed by atoms with van der Waals surface area (Å²) in [5.74, 6) is -1.29. The van der Waals surface area contributed by atoms with E-state index in [9.17, 15) is 9.18 Å². The van der Waals surface area contributed by atoms with Crippen molar-refractivity contribution >= 4 is 28.9 Å². The predicted molar refractivity (Wildman–Crippen MR) is 77.6 cm³/mol. The Hall–Kier alpha value is -1.43. The highest BCUT2D eigenvalue weighted by molar-refractivity contribution is 7.10. The third-order valence-electron chi connectivity index (χ3n) is 2.82. The largest absolute Gasteiger partial charge is 0.481 e. The topological polar surface area (TPSA) is 49.3 Å². The van der Waals surface area contributed by atoms with Crippen molar-refractivity contribution in [3.8, 4) is 0 Å². The van der Waals surface area contributed by atoms with Crippen LogP contribution >= 0.6 is 22.9 Å². The van der Waals surface area contributed by atoms with Gasteiger partial charge in [-0.05, 0) is 23.6 Å². The van der Waals surface area contributed by atoms with Crippen LogP contribution in [0.25, 0.3) is 0 Å². The molecule has 6 heteroatoms. The Morgan fingerprint density at radius 3 is 2.85 bits per heavy atom. The van der Waals surface area contributed by atoms with E-state index in [1.54, 1.807) is 12.1 Å². The minimum absolute atomic E-state index is 0.0459. The molecule has 1 aromatic carbocycles. The van der Waals surface area contributed by atoms with Crippen LogP contribution < -0.4 is 5.32 Å². The van der Waals surface area contributed by atoms with Crippen molar-refractivity contribution in [2.45, 2.75) is 19.0 Å². The van der Waals surface area contributed by atoms with Crippen LogP contribution in [0.2, 0.25) is 5.02 Å². The molecular formula is C14H13ClFNO2S. The molecule has 0 amide bonds. The van der Waals surface area contributed by atoms with Crippen LogP contribution in [-0.4, -0.2) is 11.1 Å². The van der Waals surface area contributed by atoms with E-state index in [0.29, 0.717) is 10.6 Å². The second-order valence-corrected chi connectivity index (χ2v) is 5.70. The fourth-order valence-corrected chi connectivity index (χ4v) is 2.80. The summed E-state index contributed by atoms with van der Waals surface area (Å²) < 4.78 is 13.7. The van der Waals surface area contributed by atoms with Gasteiger partial charge in [0, 0.05) is 22.0 Å². The lowest BCUT2D eigenvalue weighted by atomic mass is 10.1. The molecule has 106 valence electrons. The van der Waals surface area contributed by atoms with Crippen molar-refractivity contribution in [1.29, 1.82) is 0 Å². The van der Waals surface area contributed by atoms with Crippen molar-refractivity contribution in [3.05, 3.63) is 57.0 Å². The van der Waals surface area contributed by atoms with E-state index < -0.39 is 11.8 Å². The maximum absolute atomic E-state index is 13.7. The van der Waals surface area contributed by atoms with Gasteiger partial charge in [0.15, 0.2) is 0 Å². The number of carboxylic acids is 1. The summed E-state index contributed by atoms with van der Waals surface area (Å²) in [6.07, 6.45) is -0.0459. The summed E-state index contributed by atoms with van der Waals surface area (Å²) >= 11 is 7.17. The smallest absolute Gasteiger partial charge is 0.305 e. The number of carbonyl (C=O) groups is 1. The van der Waals surface area contributed by atoms with Crippen molar-refractivity contribution in [2.24, 2.45) is 0 Å². The minimum atomic E-state index is -0.896. The number of nitrogens with one attached hydrogen (secondary N) is 1. The van der Waals surface area contributed by atoms with E-state index in [-0.39, 0.29) is 19.0 Å². The molecule has 2 aromatic rings. The first-order valence-corrected chi connectivity index (χ1v) is 7.24. The van der Waals surface area contributed by atoms with Crippen molar-refractivity contribution in [2.75, 3.05) is 0 Å². The van der Waals surface area contributed by atoms with Gasteiger partial charge in [0.25, 0.3) is 0 Å². The molecule has 0 saturated carbocycles. The Balaban J connectivity index is 2.07. The van der Waals surface area contributed by atoms with Gasteiger partial charge in [0.1, 0.15) is 5.82 Å². The first kappa shape index (κ1) is 15.0. The van der Waals surface area contributed by atoms with Gasteiger partial charge in [-0.3, -0.25) is 4.79 Å². The fourth-order valence-electron chi connectivity index (χ4n) is 1.84. The maximum Gasteiger partial charge on any atom is 0.305 e. The highest BCUT2D eigenvalue weighted by Crippen LogP contribution is 2.23. The lowest BCUT2D eigenvalue weighted by Crippen LogP contribution is -2.23. The molecule has 0 radical (unpaired) electrons. The second-order valence-electron chi connectivity index (χ2n) is 4.28. The predicted octanol–water partition coefficient (Wildman–Crippen LogP) is 3.85. The highest BCUT2D eigenvalue weighted by Gasteiger charge is 2.16. The number of rotatable bonds is 6. The molecule has 20 heavy (non-hydrogen) atoms. The van der Waals surface area contributed by atoms with Gasteiger partial charge < -0.3 is 10.4 Å². The zero-order chi connectivity index (χ0) is 14.5. The third kappa shape index (κ3) is 4.03. The van der Waals surface area contributed by atoms with Gasteiger partial charge >= 0.3 is 5.97 Å². The third-order valence-corrected chi connectivity index (χ3v) is 4.04. The molecule has 1 atom stereocenters. The summed E-state index contributed by atoms with van der Waals surface area (Å²) in [6, 6.07) is 7.84. The zero-order valence-electron chi connectivity index (χ0n) is 10.5. The molecule has 0 aliphatic rings. The number of hydrogen-bond donors (Lipinski definition) is 2. The molecule has 0 fully saturated rings. The van der Waals surface area contributed by atoms with Crippen LogP contribution in [0.5, 0.6) is 0 Å². The Bertz CT molecular complexity index is 589. The van der Waals surface area contributed by atoms with Crippen LogP contribution in [0.3, 0.4) is 0 Å². The van der Waals surface area contributed by atoms with Crippen molar-refractivity contribution < 1.29 is 14.3 Å². The van der Waals surface area contributed by atoms with Gasteiger partial charge in [-0.25, -0.2) is 4.39 Å². The molecule has 1 heterocycles. The van der Waals surface area contributed by atoms with E-state index in [0.717, 1.165) is 4.88 Å². The van der Waals surface area contributed by atoms with Gasteiger partial charge in [0.05, 0.1) is 12.5 Å². The summed E-state index contributed by atoms with van der Waals surface area (Å²) in [4.78, 5) is 11.8. The van der Waals surface area contributed by atoms with E-state index in [1.165, 1.54) is 17.4 Å². The zero-order valence-corrected chi connectivity index (χ0v) is 12.0. The average molecular weight is 314 g/mol. The Kier molecular flexibility index (Phi) is 5.11. The Morgan fingerprint density at radius 2 is 2.25 bits per heavy atom. The van der Waals surface area contributed by atoms with E-state index in [2.05, 4.69) is 5.32 Å². The standard InChI is InChI=1S/C14H13ClFNO2S/c15-10-4-3-9(11(16)6-10)8-17-12(7-14(18)19)13-2-1-5-20-13/h1-6,12,17H,7-8H2,(H,18,19). The lowest BCUT2D eigenvalue weighted by molar-refractivity contribution is -0.137. The number of thiophene rings is 1. The van der Waals surface area contributed by atoms with Crippen LogP contribution in [0.15, 0.2) is 35.7 Å². The maximum atomic E-state index is 13.7. The van der Waals surface area contributed by atoms with E-state index in [4.69, 9.17) is 16.7 Å². The van der Waals surface area contributed by atoms with Crippen LogP contribution in [-0.2, 0) is 11.3 Å². The summed E-state index contributed by atoms with van der Waals surface area (Å²) in [7, 11) is 0. The average Bonchev–Trinajstić information content (AvgIpc) is 2.89. The van der Waals surface area contributed by atoms with E-state index >= 15 is 0 Å². The number of carboxylic acid groups (broad SMARTS) is 1. The molecule has 0 aliphatic carbocycles.